The Morgan fingerprint density at radius 2 is 1.47 bits per heavy atom. The quantitative estimate of drug-likeness (QED) is 0.345. The number of hydrogen-bond donors (Lipinski definition) is 1. The molecular formula is C33H41N3O2. The average molecular weight is 512 g/mol. The van der Waals surface area contributed by atoms with Crippen LogP contribution in [0.3, 0.4) is 0 Å². The summed E-state index contributed by atoms with van der Waals surface area (Å²) in [6.07, 6.45) is 1.99. The van der Waals surface area contributed by atoms with Gasteiger partial charge in [0.25, 0.3) is 5.91 Å². The van der Waals surface area contributed by atoms with E-state index in [1.54, 1.807) is 7.11 Å². The number of anilines is 1. The SMILES string of the molecule is COc1ccc(CN2CCC(=C(c3ccc(C(=O)N(C(C)C)C(C)C)cc3)c3cccc(N)c3)CC2)cc1. The first-order valence-corrected chi connectivity index (χ1v) is 13.6. The molecule has 3 aromatic rings. The van der Waals surface area contributed by atoms with E-state index in [0.29, 0.717) is 0 Å². The third-order valence-corrected chi connectivity index (χ3v) is 7.32. The van der Waals surface area contributed by atoms with Crippen molar-refractivity contribution in [1.82, 2.24) is 9.80 Å². The average Bonchev–Trinajstić information content (AvgIpc) is 2.90. The molecule has 0 atom stereocenters. The Balaban J connectivity index is 1.58. The molecule has 2 N–H and O–H groups in total. The van der Waals surface area contributed by atoms with Gasteiger partial charge in [-0.05, 0) is 99.2 Å². The summed E-state index contributed by atoms with van der Waals surface area (Å²) in [4.78, 5) is 17.7. The highest BCUT2D eigenvalue weighted by atomic mass is 16.5. The normalized spacial score (nSPS) is 14.1. The van der Waals surface area contributed by atoms with Gasteiger partial charge in [0.1, 0.15) is 5.75 Å². The number of amides is 1. The van der Waals surface area contributed by atoms with Crippen molar-refractivity contribution in [3.05, 3.63) is 101 Å². The number of piperidine rings is 1. The summed E-state index contributed by atoms with van der Waals surface area (Å²) in [5.74, 6) is 0.963. The molecule has 1 amide bonds. The van der Waals surface area contributed by atoms with E-state index in [2.05, 4.69) is 69.0 Å². The molecule has 0 bridgehead atoms. The lowest BCUT2D eigenvalue weighted by atomic mass is 9.87. The second-order valence-electron chi connectivity index (χ2n) is 10.7. The lowest BCUT2D eigenvalue weighted by Gasteiger charge is -2.31. The van der Waals surface area contributed by atoms with Crippen molar-refractivity contribution in [2.24, 2.45) is 0 Å². The van der Waals surface area contributed by atoms with E-state index in [4.69, 9.17) is 10.5 Å². The van der Waals surface area contributed by atoms with Crippen LogP contribution in [-0.4, -0.2) is 48.0 Å². The number of rotatable bonds is 8. The smallest absolute Gasteiger partial charge is 0.254 e. The van der Waals surface area contributed by atoms with Crippen LogP contribution < -0.4 is 10.5 Å². The zero-order valence-corrected chi connectivity index (χ0v) is 23.4. The maximum absolute atomic E-state index is 13.2. The number of nitrogen functional groups attached to an aromatic ring is 1. The standard InChI is InChI=1S/C33H41N3O2/c1-23(2)36(24(3)4)33(37)28-13-11-26(12-14-28)32(29-7-6-8-30(34)21-29)27-17-19-35(20-18-27)22-25-9-15-31(38-5)16-10-25/h6-16,21,23-24H,17-20,22,34H2,1-5H3. The molecule has 200 valence electrons. The summed E-state index contributed by atoms with van der Waals surface area (Å²) in [7, 11) is 1.70. The minimum Gasteiger partial charge on any atom is -0.497 e. The maximum atomic E-state index is 13.2. The van der Waals surface area contributed by atoms with E-state index in [9.17, 15) is 4.79 Å². The fourth-order valence-corrected chi connectivity index (χ4v) is 5.48. The molecule has 1 saturated heterocycles. The number of nitrogens with two attached hydrogens (primary N) is 1. The number of likely N-dealkylation sites (tertiary alicyclic amines) is 1. The van der Waals surface area contributed by atoms with Crippen molar-refractivity contribution in [3.8, 4) is 5.75 Å². The highest BCUT2D eigenvalue weighted by molar-refractivity contribution is 5.95. The van der Waals surface area contributed by atoms with E-state index >= 15 is 0 Å². The van der Waals surface area contributed by atoms with E-state index in [-0.39, 0.29) is 18.0 Å². The third-order valence-electron chi connectivity index (χ3n) is 7.32. The second kappa shape index (κ2) is 12.3. The molecule has 1 heterocycles. The first kappa shape index (κ1) is 27.5. The molecule has 1 aliphatic heterocycles. The van der Waals surface area contributed by atoms with Gasteiger partial charge in [0.15, 0.2) is 0 Å². The van der Waals surface area contributed by atoms with Gasteiger partial charge in [-0.1, -0.05) is 42.0 Å². The van der Waals surface area contributed by atoms with Crippen LogP contribution in [0.1, 0.15) is 67.6 Å². The van der Waals surface area contributed by atoms with Crippen LogP contribution >= 0.6 is 0 Å². The van der Waals surface area contributed by atoms with Gasteiger partial charge >= 0.3 is 0 Å². The van der Waals surface area contributed by atoms with Gasteiger partial charge in [-0.25, -0.2) is 0 Å². The van der Waals surface area contributed by atoms with Crippen molar-refractivity contribution in [1.29, 1.82) is 0 Å². The Morgan fingerprint density at radius 1 is 0.868 bits per heavy atom. The number of nitrogens with zero attached hydrogens (tertiary/aromatic N) is 2. The van der Waals surface area contributed by atoms with Gasteiger partial charge in [0, 0.05) is 43.0 Å². The molecule has 0 aliphatic carbocycles. The molecule has 0 radical (unpaired) electrons. The first-order valence-electron chi connectivity index (χ1n) is 13.6. The Bertz CT molecular complexity index is 1240. The lowest BCUT2D eigenvalue weighted by Crippen LogP contribution is -2.42. The maximum Gasteiger partial charge on any atom is 0.254 e. The van der Waals surface area contributed by atoms with Crippen LogP contribution in [0.15, 0.2) is 78.4 Å². The fraction of sp³-hybridized carbons (Fsp3) is 0.364. The molecule has 3 aromatic carbocycles. The Labute approximate surface area is 227 Å². The van der Waals surface area contributed by atoms with Gasteiger partial charge < -0.3 is 15.4 Å². The van der Waals surface area contributed by atoms with Crippen LogP contribution in [-0.2, 0) is 6.54 Å². The van der Waals surface area contributed by atoms with Crippen molar-refractivity contribution >= 4 is 17.2 Å². The summed E-state index contributed by atoms with van der Waals surface area (Å²) in [6, 6.07) is 24.9. The van der Waals surface area contributed by atoms with Gasteiger partial charge in [0.05, 0.1) is 7.11 Å². The van der Waals surface area contributed by atoms with E-state index in [0.717, 1.165) is 60.6 Å². The molecule has 5 heteroatoms. The molecule has 0 aromatic heterocycles. The summed E-state index contributed by atoms with van der Waals surface area (Å²) in [6.45, 7) is 11.2. The molecule has 0 spiro atoms. The number of carbonyl (C=O) groups is 1. The van der Waals surface area contributed by atoms with Gasteiger partial charge in [-0.2, -0.15) is 0 Å². The third kappa shape index (κ3) is 6.46. The lowest BCUT2D eigenvalue weighted by molar-refractivity contribution is 0.0643. The van der Waals surface area contributed by atoms with Crippen molar-refractivity contribution in [3.63, 3.8) is 0 Å². The molecule has 1 fully saturated rings. The fourth-order valence-electron chi connectivity index (χ4n) is 5.48. The van der Waals surface area contributed by atoms with Crippen molar-refractivity contribution < 1.29 is 9.53 Å². The zero-order chi connectivity index (χ0) is 27.2. The van der Waals surface area contributed by atoms with Gasteiger partial charge in [-0.3, -0.25) is 9.69 Å². The second-order valence-corrected chi connectivity index (χ2v) is 10.7. The summed E-state index contributed by atoms with van der Waals surface area (Å²) in [5.41, 5.74) is 13.9. The van der Waals surface area contributed by atoms with E-state index in [1.165, 1.54) is 16.7 Å². The van der Waals surface area contributed by atoms with Gasteiger partial charge in [-0.15, -0.1) is 0 Å². The Hall–Kier alpha value is -3.57. The number of hydrogen-bond acceptors (Lipinski definition) is 4. The highest BCUT2D eigenvalue weighted by Gasteiger charge is 2.23. The van der Waals surface area contributed by atoms with Crippen molar-refractivity contribution in [2.75, 3.05) is 25.9 Å². The summed E-state index contributed by atoms with van der Waals surface area (Å²) >= 11 is 0. The van der Waals surface area contributed by atoms with Crippen LogP contribution in [0, 0.1) is 0 Å². The van der Waals surface area contributed by atoms with Crippen LogP contribution in [0.2, 0.25) is 0 Å². The Kier molecular flexibility index (Phi) is 8.90. The molecule has 0 unspecified atom stereocenters. The number of benzene rings is 3. The predicted molar refractivity (Wildman–Crippen MR) is 157 cm³/mol. The van der Waals surface area contributed by atoms with E-state index in [1.807, 2.05) is 41.3 Å². The van der Waals surface area contributed by atoms with Gasteiger partial charge in [0.2, 0.25) is 0 Å². The summed E-state index contributed by atoms with van der Waals surface area (Å²) < 4.78 is 5.30. The molecule has 5 nitrogen and oxygen atoms in total. The minimum atomic E-state index is 0.0755. The van der Waals surface area contributed by atoms with Crippen LogP contribution in [0.5, 0.6) is 5.75 Å². The monoisotopic (exact) mass is 511 g/mol. The largest absolute Gasteiger partial charge is 0.497 e. The molecule has 38 heavy (non-hydrogen) atoms. The van der Waals surface area contributed by atoms with Crippen LogP contribution in [0.4, 0.5) is 5.69 Å². The highest BCUT2D eigenvalue weighted by Crippen LogP contribution is 2.34. The number of ether oxygens (including phenoxy) is 1. The number of methoxy groups -OCH3 is 1. The van der Waals surface area contributed by atoms with Crippen molar-refractivity contribution in [2.45, 2.75) is 59.2 Å². The number of carbonyl (C=O) groups excluding carboxylic acids is 1. The van der Waals surface area contributed by atoms with E-state index < -0.39 is 0 Å². The topological polar surface area (TPSA) is 58.8 Å². The molecule has 1 aliphatic rings. The summed E-state index contributed by atoms with van der Waals surface area (Å²) in [5, 5.41) is 0. The zero-order valence-electron chi connectivity index (χ0n) is 23.4. The Morgan fingerprint density at radius 3 is 2.03 bits per heavy atom. The molecule has 4 rings (SSSR count). The van der Waals surface area contributed by atoms with Crippen LogP contribution in [0.25, 0.3) is 5.57 Å². The molecular weight excluding hydrogens is 470 g/mol. The predicted octanol–water partition coefficient (Wildman–Crippen LogP) is 6.63. The first-order chi connectivity index (χ1) is 18.3. The minimum absolute atomic E-state index is 0.0755. The molecule has 0 saturated carbocycles.